The third kappa shape index (κ3) is 10.2. The van der Waals surface area contributed by atoms with E-state index in [0.29, 0.717) is 31.0 Å². The van der Waals surface area contributed by atoms with Crippen LogP contribution >= 0.6 is 0 Å². The van der Waals surface area contributed by atoms with Crippen molar-refractivity contribution in [3.63, 3.8) is 0 Å². The van der Waals surface area contributed by atoms with Gasteiger partial charge in [-0.05, 0) is 67.0 Å². The summed E-state index contributed by atoms with van der Waals surface area (Å²) in [6.45, 7) is 10.6. The Kier molecular flexibility index (Phi) is 10.9. The van der Waals surface area contributed by atoms with Gasteiger partial charge < -0.3 is 20.7 Å². The number of carbonyl (C=O) groups is 3. The molecule has 7 heteroatoms. The molecule has 0 spiro atoms. The monoisotopic (exact) mass is 543 g/mol. The largest absolute Gasteiger partial charge is 0.444 e. The fourth-order valence-electron chi connectivity index (χ4n) is 4.00. The van der Waals surface area contributed by atoms with Gasteiger partial charge >= 0.3 is 6.09 Å². The molecule has 0 atom stereocenters. The van der Waals surface area contributed by atoms with E-state index in [4.69, 9.17) is 4.74 Å². The van der Waals surface area contributed by atoms with Gasteiger partial charge in [-0.1, -0.05) is 80.6 Å². The summed E-state index contributed by atoms with van der Waals surface area (Å²) in [6.07, 6.45) is 0.820. The number of hydrogen-bond donors (Lipinski definition) is 3. The van der Waals surface area contributed by atoms with Crippen LogP contribution < -0.4 is 16.0 Å². The number of ether oxygens (including phenoxy) is 1. The number of carbonyl (C=O) groups excluding carboxylic acids is 3. The second-order valence-corrected chi connectivity index (χ2v) is 11.3. The SMILES string of the molecule is CC(C)CCC(=O)NCc1ccc(-c2ccccc2)cc1C(=O)NCc1ccc(CNC(=O)OC(C)(C)C)cc1. The molecule has 0 fully saturated rings. The molecule has 0 bridgehead atoms. The van der Waals surface area contributed by atoms with Gasteiger partial charge in [-0.3, -0.25) is 9.59 Å². The van der Waals surface area contributed by atoms with E-state index in [-0.39, 0.29) is 18.4 Å². The molecule has 0 aliphatic carbocycles. The van der Waals surface area contributed by atoms with E-state index in [0.717, 1.165) is 34.2 Å². The van der Waals surface area contributed by atoms with Gasteiger partial charge in [0.1, 0.15) is 5.60 Å². The summed E-state index contributed by atoms with van der Waals surface area (Å²) in [6, 6.07) is 23.3. The lowest BCUT2D eigenvalue weighted by Gasteiger charge is -2.19. The van der Waals surface area contributed by atoms with Crippen molar-refractivity contribution in [2.24, 2.45) is 5.92 Å². The van der Waals surface area contributed by atoms with Crippen molar-refractivity contribution in [2.45, 2.75) is 72.7 Å². The Bertz CT molecular complexity index is 1280. The summed E-state index contributed by atoms with van der Waals surface area (Å²) in [7, 11) is 0. The molecule has 0 unspecified atom stereocenters. The summed E-state index contributed by atoms with van der Waals surface area (Å²) in [5.74, 6) is 0.223. The normalized spacial score (nSPS) is 11.2. The van der Waals surface area contributed by atoms with Crippen LogP contribution in [0, 0.1) is 5.92 Å². The van der Waals surface area contributed by atoms with Crippen LogP contribution in [-0.2, 0) is 29.2 Å². The Hall–Kier alpha value is -4.13. The molecular weight excluding hydrogens is 502 g/mol. The standard InChI is InChI=1S/C33H41N3O4/c1-23(2)11-18-30(37)34-22-28-17-16-27(26-9-7-6-8-10-26)19-29(28)31(38)35-20-24-12-14-25(15-13-24)21-36-32(39)40-33(3,4)5/h6-10,12-17,19,23H,11,18,20-22H2,1-5H3,(H,34,37)(H,35,38)(H,36,39). The highest BCUT2D eigenvalue weighted by molar-refractivity contribution is 5.97. The van der Waals surface area contributed by atoms with Gasteiger partial charge in [-0.15, -0.1) is 0 Å². The smallest absolute Gasteiger partial charge is 0.407 e. The minimum Gasteiger partial charge on any atom is -0.444 e. The third-order valence-electron chi connectivity index (χ3n) is 6.20. The highest BCUT2D eigenvalue weighted by Gasteiger charge is 2.16. The molecule has 3 amide bonds. The van der Waals surface area contributed by atoms with E-state index in [1.54, 1.807) is 0 Å². The highest BCUT2D eigenvalue weighted by atomic mass is 16.6. The van der Waals surface area contributed by atoms with Crippen molar-refractivity contribution in [3.8, 4) is 11.1 Å². The van der Waals surface area contributed by atoms with E-state index in [1.165, 1.54) is 0 Å². The van der Waals surface area contributed by atoms with Crippen LogP contribution in [0.4, 0.5) is 4.79 Å². The molecule has 3 N–H and O–H groups in total. The van der Waals surface area contributed by atoms with Crippen LogP contribution in [0.1, 0.15) is 74.5 Å². The summed E-state index contributed by atoms with van der Waals surface area (Å²) in [5.41, 5.74) is 4.54. The fourth-order valence-corrected chi connectivity index (χ4v) is 4.00. The van der Waals surface area contributed by atoms with Gasteiger partial charge in [0.2, 0.25) is 5.91 Å². The second-order valence-electron chi connectivity index (χ2n) is 11.3. The summed E-state index contributed by atoms with van der Waals surface area (Å²) in [4.78, 5) is 37.6. The number of amides is 3. The second kappa shape index (κ2) is 14.3. The Morgan fingerprint density at radius 2 is 1.38 bits per heavy atom. The lowest BCUT2D eigenvalue weighted by atomic mass is 9.98. The fraction of sp³-hybridized carbons (Fsp3) is 0.364. The Morgan fingerprint density at radius 3 is 1.98 bits per heavy atom. The molecule has 0 aliphatic rings. The lowest BCUT2D eigenvalue weighted by molar-refractivity contribution is -0.121. The Morgan fingerprint density at radius 1 is 0.750 bits per heavy atom. The molecule has 3 aromatic rings. The van der Waals surface area contributed by atoms with Gasteiger partial charge in [0.15, 0.2) is 0 Å². The van der Waals surface area contributed by atoms with E-state index in [9.17, 15) is 14.4 Å². The van der Waals surface area contributed by atoms with Crippen LogP contribution in [0.3, 0.4) is 0 Å². The van der Waals surface area contributed by atoms with Crippen molar-refractivity contribution in [2.75, 3.05) is 0 Å². The molecule has 212 valence electrons. The molecule has 0 aromatic heterocycles. The molecule has 3 rings (SSSR count). The number of benzene rings is 3. The average molecular weight is 544 g/mol. The van der Waals surface area contributed by atoms with Crippen molar-refractivity contribution in [3.05, 3.63) is 95.1 Å². The predicted molar refractivity (Wildman–Crippen MR) is 158 cm³/mol. The summed E-state index contributed by atoms with van der Waals surface area (Å²) < 4.78 is 5.27. The van der Waals surface area contributed by atoms with Crippen LogP contribution in [0.25, 0.3) is 11.1 Å². The first-order valence-electron chi connectivity index (χ1n) is 13.8. The summed E-state index contributed by atoms with van der Waals surface area (Å²) >= 11 is 0. The predicted octanol–water partition coefficient (Wildman–Crippen LogP) is 6.36. The van der Waals surface area contributed by atoms with Crippen LogP contribution in [0.5, 0.6) is 0 Å². The average Bonchev–Trinajstić information content (AvgIpc) is 2.92. The minimum absolute atomic E-state index is 0.0200. The van der Waals surface area contributed by atoms with Crippen molar-refractivity contribution < 1.29 is 19.1 Å². The van der Waals surface area contributed by atoms with E-state index >= 15 is 0 Å². The molecule has 3 aromatic carbocycles. The van der Waals surface area contributed by atoms with Crippen molar-refractivity contribution >= 4 is 17.9 Å². The maximum atomic E-state index is 13.4. The zero-order valence-corrected chi connectivity index (χ0v) is 24.2. The molecule has 7 nitrogen and oxygen atoms in total. The Balaban J connectivity index is 1.66. The molecular formula is C33H41N3O4. The van der Waals surface area contributed by atoms with E-state index in [1.807, 2.05) is 93.6 Å². The van der Waals surface area contributed by atoms with Crippen molar-refractivity contribution in [1.29, 1.82) is 0 Å². The number of rotatable bonds is 11. The molecule has 0 saturated heterocycles. The van der Waals surface area contributed by atoms with Crippen LogP contribution in [0.15, 0.2) is 72.8 Å². The molecule has 0 aliphatic heterocycles. The van der Waals surface area contributed by atoms with E-state index in [2.05, 4.69) is 29.8 Å². The quantitative estimate of drug-likeness (QED) is 0.262. The van der Waals surface area contributed by atoms with E-state index < -0.39 is 11.7 Å². The lowest BCUT2D eigenvalue weighted by Crippen LogP contribution is -2.32. The zero-order valence-electron chi connectivity index (χ0n) is 24.2. The molecule has 40 heavy (non-hydrogen) atoms. The van der Waals surface area contributed by atoms with Crippen molar-refractivity contribution in [1.82, 2.24) is 16.0 Å². The first-order chi connectivity index (χ1) is 19.0. The molecule has 0 saturated carbocycles. The molecule has 0 radical (unpaired) electrons. The minimum atomic E-state index is -0.550. The first kappa shape index (κ1) is 30.4. The van der Waals surface area contributed by atoms with Crippen LogP contribution in [0.2, 0.25) is 0 Å². The maximum Gasteiger partial charge on any atom is 0.407 e. The first-order valence-corrected chi connectivity index (χ1v) is 13.8. The van der Waals surface area contributed by atoms with Gasteiger partial charge in [0.25, 0.3) is 5.91 Å². The molecule has 0 heterocycles. The highest BCUT2D eigenvalue weighted by Crippen LogP contribution is 2.23. The number of nitrogens with one attached hydrogen (secondary N) is 3. The van der Waals surface area contributed by atoms with Gasteiger partial charge in [0, 0.05) is 31.6 Å². The third-order valence-corrected chi connectivity index (χ3v) is 6.20. The number of hydrogen-bond acceptors (Lipinski definition) is 4. The number of alkyl carbamates (subject to hydrolysis) is 1. The van der Waals surface area contributed by atoms with Gasteiger partial charge in [0.05, 0.1) is 0 Å². The summed E-state index contributed by atoms with van der Waals surface area (Å²) in [5, 5.41) is 8.72. The topological polar surface area (TPSA) is 96.5 Å². The van der Waals surface area contributed by atoms with Gasteiger partial charge in [-0.2, -0.15) is 0 Å². The Labute approximate surface area is 237 Å². The van der Waals surface area contributed by atoms with Crippen LogP contribution in [-0.4, -0.2) is 23.5 Å². The zero-order chi connectivity index (χ0) is 29.1. The van der Waals surface area contributed by atoms with Gasteiger partial charge in [-0.25, -0.2) is 4.79 Å². The maximum absolute atomic E-state index is 13.4.